The molecule has 55 heavy (non-hydrogen) atoms. The van der Waals surface area contributed by atoms with Crippen molar-refractivity contribution >= 4 is 33.8 Å². The van der Waals surface area contributed by atoms with Crippen LogP contribution in [0, 0.1) is 0 Å². The van der Waals surface area contributed by atoms with E-state index in [9.17, 15) is 14.4 Å². The average Bonchev–Trinajstić information content (AvgIpc) is 3.26. The summed E-state index contributed by atoms with van der Waals surface area (Å²) in [6.07, 6.45) is 0. The van der Waals surface area contributed by atoms with Gasteiger partial charge in [0.05, 0.1) is 25.3 Å². The molecule has 0 saturated heterocycles. The van der Waals surface area contributed by atoms with E-state index in [4.69, 9.17) is 20.4 Å². The number of nitrogen functional groups attached to an aromatic ring is 1. The molecule has 0 atom stereocenters. The van der Waals surface area contributed by atoms with Crippen molar-refractivity contribution in [2.75, 3.05) is 14.2 Å². The Morgan fingerprint density at radius 3 is 1.20 bits per heavy atom. The molecule has 6 rings (SSSR count). The Balaban J connectivity index is 0.000000206. The molecule has 10 nitrogen and oxygen atoms in total. The summed E-state index contributed by atoms with van der Waals surface area (Å²) in [7, 11) is 2.68. The minimum atomic E-state index is -0.398. The average molecular weight is 808 g/mol. The Hall–Kier alpha value is -6.43. The molecule has 1 amide bonds. The van der Waals surface area contributed by atoms with Crippen LogP contribution in [0.25, 0.3) is 0 Å². The molecule has 11 heteroatoms. The number of nitrogens with one attached hydrogen (secondary N) is 1. The number of alkyl halides is 1. The number of carbonyl (C=O) groups is 3. The maximum absolute atomic E-state index is 11.2. The predicted octanol–water partition coefficient (Wildman–Crippen LogP) is 8.68. The van der Waals surface area contributed by atoms with Gasteiger partial charge in [-0.3, -0.25) is 10.2 Å². The number of esters is 2. The van der Waals surface area contributed by atoms with Gasteiger partial charge in [0, 0.05) is 10.9 Å². The second kappa shape index (κ2) is 24.7. The summed E-state index contributed by atoms with van der Waals surface area (Å²) in [5.41, 5.74) is 7.07. The minimum absolute atomic E-state index is 0.137. The van der Waals surface area contributed by atoms with E-state index >= 15 is 0 Å². The SMILES string of the molecule is BrCc1ccccc1.COC(=O)c1ccc(O)cc1.COC(=O)c1ccc(OCc2ccccc2)cc1.NNC(=O)c1ccc(OCc2ccccc2)cc1. The number of carbonyl (C=O) groups excluding carboxylic acids is 3. The highest BCUT2D eigenvalue weighted by Gasteiger charge is 2.06. The van der Waals surface area contributed by atoms with Gasteiger partial charge in [-0.15, -0.1) is 0 Å². The normalized spacial score (nSPS) is 9.60. The fourth-order valence-corrected chi connectivity index (χ4v) is 4.73. The van der Waals surface area contributed by atoms with Crippen molar-refractivity contribution in [1.82, 2.24) is 5.43 Å². The lowest BCUT2D eigenvalue weighted by Gasteiger charge is -2.06. The van der Waals surface area contributed by atoms with Gasteiger partial charge >= 0.3 is 11.9 Å². The summed E-state index contributed by atoms with van der Waals surface area (Å²) in [5.74, 6) is 5.57. The molecule has 0 radical (unpaired) electrons. The minimum Gasteiger partial charge on any atom is -0.508 e. The first-order valence-corrected chi connectivity index (χ1v) is 18.0. The number of hydrogen-bond donors (Lipinski definition) is 3. The standard InChI is InChI=1S/C15H14O3.C14H14N2O2.C8H8O3.C7H7Br/c1-17-15(16)13-7-9-14(10-8-13)18-11-12-5-3-2-4-6-12;15-16-14(17)12-6-8-13(9-7-12)18-10-11-4-2-1-3-5-11;1-11-8(10)6-2-4-7(9)5-3-6;8-6-7-4-2-1-3-5-7/h2-10H,11H2,1H3;1-9H,10,15H2,(H,16,17);2-5,9H,1H3;1-5H,6H2. The van der Waals surface area contributed by atoms with Gasteiger partial charge in [-0.25, -0.2) is 15.4 Å². The summed E-state index contributed by atoms with van der Waals surface area (Å²) in [5, 5.41) is 9.81. The fraction of sp³-hybridized carbons (Fsp3) is 0.114. The van der Waals surface area contributed by atoms with Crippen LogP contribution in [0.1, 0.15) is 47.8 Å². The Kier molecular flexibility index (Phi) is 19.3. The number of nitrogens with two attached hydrogens (primary N) is 1. The first-order chi connectivity index (χ1) is 26.8. The number of amides is 1. The number of halogens is 1. The monoisotopic (exact) mass is 806 g/mol. The highest BCUT2D eigenvalue weighted by Crippen LogP contribution is 2.16. The second-order valence-electron chi connectivity index (χ2n) is 11.2. The predicted molar refractivity (Wildman–Crippen MR) is 216 cm³/mol. The third-order valence-electron chi connectivity index (χ3n) is 7.31. The van der Waals surface area contributed by atoms with Crippen LogP contribution in [-0.2, 0) is 28.0 Å². The molecule has 6 aromatic carbocycles. The van der Waals surface area contributed by atoms with E-state index < -0.39 is 5.97 Å². The van der Waals surface area contributed by atoms with Gasteiger partial charge in [-0.2, -0.15) is 0 Å². The zero-order valence-corrected chi connectivity index (χ0v) is 32.1. The molecule has 0 bridgehead atoms. The van der Waals surface area contributed by atoms with Gasteiger partial charge in [-0.1, -0.05) is 107 Å². The Morgan fingerprint density at radius 2 is 0.873 bits per heavy atom. The third kappa shape index (κ3) is 16.4. The summed E-state index contributed by atoms with van der Waals surface area (Å²) in [6.45, 7) is 1.02. The zero-order valence-electron chi connectivity index (χ0n) is 30.5. The Morgan fingerprint density at radius 1 is 0.527 bits per heavy atom. The van der Waals surface area contributed by atoms with Crippen molar-refractivity contribution in [2.24, 2.45) is 5.84 Å². The van der Waals surface area contributed by atoms with Crippen molar-refractivity contribution in [2.45, 2.75) is 18.5 Å². The molecule has 0 saturated carbocycles. The van der Waals surface area contributed by atoms with E-state index in [1.807, 2.05) is 78.9 Å². The number of aromatic hydroxyl groups is 1. The van der Waals surface area contributed by atoms with Gasteiger partial charge in [0.1, 0.15) is 30.5 Å². The van der Waals surface area contributed by atoms with Crippen molar-refractivity contribution in [1.29, 1.82) is 0 Å². The molecule has 0 aliphatic carbocycles. The van der Waals surface area contributed by atoms with Crippen molar-refractivity contribution in [3.05, 3.63) is 197 Å². The Bertz CT molecular complexity index is 1880. The van der Waals surface area contributed by atoms with Gasteiger partial charge in [0.2, 0.25) is 0 Å². The highest BCUT2D eigenvalue weighted by molar-refractivity contribution is 9.08. The molecule has 0 aromatic heterocycles. The summed E-state index contributed by atoms with van der Waals surface area (Å²) < 4.78 is 20.3. The van der Waals surface area contributed by atoms with Crippen molar-refractivity contribution in [3.63, 3.8) is 0 Å². The van der Waals surface area contributed by atoms with Crippen LogP contribution in [-0.4, -0.2) is 37.2 Å². The molecule has 0 spiro atoms. The number of phenolic OH excluding ortho intramolecular Hbond substituents is 1. The maximum Gasteiger partial charge on any atom is 0.337 e. The summed E-state index contributed by atoms with van der Waals surface area (Å²) in [4.78, 5) is 33.3. The lowest BCUT2D eigenvalue weighted by Crippen LogP contribution is -2.29. The molecule has 0 fully saturated rings. The van der Waals surface area contributed by atoms with Crippen LogP contribution in [0.3, 0.4) is 0 Å². The summed E-state index contributed by atoms with van der Waals surface area (Å²) >= 11 is 3.36. The highest BCUT2D eigenvalue weighted by atomic mass is 79.9. The molecule has 0 heterocycles. The third-order valence-corrected chi connectivity index (χ3v) is 7.95. The number of ether oxygens (including phenoxy) is 4. The topological polar surface area (TPSA) is 146 Å². The lowest BCUT2D eigenvalue weighted by atomic mass is 10.2. The number of rotatable bonds is 10. The Labute approximate surface area is 329 Å². The maximum atomic E-state index is 11.2. The molecule has 4 N–H and O–H groups in total. The van der Waals surface area contributed by atoms with E-state index in [0.29, 0.717) is 35.7 Å². The van der Waals surface area contributed by atoms with Crippen LogP contribution in [0.5, 0.6) is 17.2 Å². The number of hydrazine groups is 1. The van der Waals surface area contributed by atoms with Crippen LogP contribution in [0.4, 0.5) is 0 Å². The molecule has 0 aliphatic heterocycles. The van der Waals surface area contributed by atoms with E-state index in [0.717, 1.165) is 22.2 Å². The smallest absolute Gasteiger partial charge is 0.337 e. The molecular formula is C44H43BrN2O8. The van der Waals surface area contributed by atoms with E-state index in [1.54, 1.807) is 48.5 Å². The fourth-order valence-electron chi connectivity index (χ4n) is 4.36. The van der Waals surface area contributed by atoms with Gasteiger partial charge in [0.15, 0.2) is 0 Å². The quantitative estimate of drug-likeness (QED) is 0.0407. The van der Waals surface area contributed by atoms with Crippen LogP contribution in [0.15, 0.2) is 164 Å². The molecule has 0 unspecified atom stereocenters. The molecule has 0 aliphatic rings. The molecular weight excluding hydrogens is 764 g/mol. The largest absolute Gasteiger partial charge is 0.508 e. The van der Waals surface area contributed by atoms with Crippen LogP contribution < -0.4 is 20.7 Å². The lowest BCUT2D eigenvalue weighted by molar-refractivity contribution is 0.0591. The first-order valence-electron chi connectivity index (χ1n) is 16.9. The van der Waals surface area contributed by atoms with Gasteiger partial charge < -0.3 is 24.1 Å². The van der Waals surface area contributed by atoms with E-state index in [-0.39, 0.29) is 17.6 Å². The van der Waals surface area contributed by atoms with Gasteiger partial charge in [-0.05, 0) is 89.5 Å². The zero-order chi connectivity index (χ0) is 39.7. The summed E-state index contributed by atoms with van der Waals surface area (Å²) in [6, 6.07) is 49.7. The number of benzene rings is 6. The van der Waals surface area contributed by atoms with Crippen molar-refractivity contribution < 1.29 is 38.4 Å². The number of phenols is 1. The second-order valence-corrected chi connectivity index (χ2v) is 11.8. The van der Waals surface area contributed by atoms with Crippen LogP contribution in [0.2, 0.25) is 0 Å². The van der Waals surface area contributed by atoms with E-state index in [2.05, 4.69) is 43.0 Å². The first kappa shape index (κ1) is 43.0. The number of methoxy groups -OCH3 is 2. The number of hydrogen-bond acceptors (Lipinski definition) is 9. The molecule has 284 valence electrons. The van der Waals surface area contributed by atoms with E-state index in [1.165, 1.54) is 44.0 Å². The van der Waals surface area contributed by atoms with Crippen molar-refractivity contribution in [3.8, 4) is 17.2 Å². The van der Waals surface area contributed by atoms with Gasteiger partial charge in [0.25, 0.3) is 5.91 Å². The van der Waals surface area contributed by atoms with Crippen LogP contribution >= 0.6 is 15.9 Å². The molecule has 6 aromatic rings.